The van der Waals surface area contributed by atoms with E-state index >= 15 is 0 Å². The van der Waals surface area contributed by atoms with Crippen LogP contribution in [0.5, 0.6) is 5.75 Å². The maximum atomic E-state index is 10.2. The van der Waals surface area contributed by atoms with Crippen LogP contribution in [0, 0.1) is 17.3 Å². The molecule has 1 fully saturated rings. The summed E-state index contributed by atoms with van der Waals surface area (Å²) >= 11 is 0. The number of rotatable bonds is 5. The molecule has 1 N–H and O–H groups in total. The molecule has 3 atom stereocenters. The van der Waals surface area contributed by atoms with Gasteiger partial charge in [0.1, 0.15) is 5.75 Å². The van der Waals surface area contributed by atoms with Crippen LogP contribution in [0.15, 0.2) is 36.0 Å². The van der Waals surface area contributed by atoms with Crippen molar-refractivity contribution in [2.45, 2.75) is 33.2 Å². The van der Waals surface area contributed by atoms with Gasteiger partial charge in [0.05, 0.1) is 6.04 Å². The predicted molar refractivity (Wildman–Crippen MR) is 94.6 cm³/mol. The zero-order chi connectivity index (χ0) is 17.3. The molecule has 0 spiro atoms. The Labute approximate surface area is 145 Å². The van der Waals surface area contributed by atoms with Crippen molar-refractivity contribution in [1.82, 2.24) is 4.90 Å². The van der Waals surface area contributed by atoms with Crippen molar-refractivity contribution >= 4 is 0 Å². The largest absolute Gasteiger partial charge is 0.467 e. The van der Waals surface area contributed by atoms with Crippen LogP contribution in [0.4, 0.5) is 0 Å². The minimum atomic E-state index is 0.110. The molecule has 0 saturated carbocycles. The second-order valence-electron chi connectivity index (χ2n) is 7.83. The molecule has 1 aromatic rings. The number of para-hydroxylation sites is 1. The Morgan fingerprint density at radius 2 is 2.00 bits per heavy atom. The van der Waals surface area contributed by atoms with E-state index < -0.39 is 0 Å². The molecule has 1 aromatic carbocycles. The van der Waals surface area contributed by atoms with Crippen molar-refractivity contribution in [1.29, 1.82) is 0 Å². The number of nitrogens with zero attached hydrogens (tertiary/aromatic N) is 1. The van der Waals surface area contributed by atoms with Crippen molar-refractivity contribution < 1.29 is 14.6 Å². The maximum absolute atomic E-state index is 10.2. The summed E-state index contributed by atoms with van der Waals surface area (Å²) in [5, 5.41) is 10.2. The second kappa shape index (κ2) is 6.77. The monoisotopic (exact) mass is 331 g/mol. The zero-order valence-corrected chi connectivity index (χ0v) is 15.2. The van der Waals surface area contributed by atoms with Crippen LogP contribution >= 0.6 is 0 Å². The molecular weight excluding hydrogens is 302 g/mol. The van der Waals surface area contributed by atoms with Gasteiger partial charge in [-0.1, -0.05) is 45.0 Å². The van der Waals surface area contributed by atoms with Crippen molar-refractivity contribution in [3.63, 3.8) is 0 Å². The van der Waals surface area contributed by atoms with Crippen LogP contribution in [-0.4, -0.2) is 37.1 Å². The summed E-state index contributed by atoms with van der Waals surface area (Å²) in [4.78, 5) is 2.48. The lowest BCUT2D eigenvalue weighted by molar-refractivity contribution is 0.0482. The molecule has 4 nitrogen and oxygen atoms in total. The molecule has 1 unspecified atom stereocenters. The first-order valence-corrected chi connectivity index (χ1v) is 8.77. The Bertz CT molecular complexity index is 605. The summed E-state index contributed by atoms with van der Waals surface area (Å²) in [6.45, 7) is 8.24. The fourth-order valence-corrected chi connectivity index (χ4v) is 4.50. The van der Waals surface area contributed by atoms with Crippen LogP contribution in [0.3, 0.4) is 0 Å². The molecule has 0 aliphatic carbocycles. The highest BCUT2D eigenvalue weighted by Gasteiger charge is 2.51. The van der Waals surface area contributed by atoms with Gasteiger partial charge in [0, 0.05) is 43.4 Å². The van der Waals surface area contributed by atoms with Gasteiger partial charge in [-0.05, 0) is 17.9 Å². The van der Waals surface area contributed by atoms with Gasteiger partial charge in [-0.25, -0.2) is 0 Å². The maximum Gasteiger partial charge on any atom is 0.188 e. The van der Waals surface area contributed by atoms with E-state index in [4.69, 9.17) is 9.47 Å². The average Bonchev–Trinajstić information content (AvgIpc) is 3.11. The van der Waals surface area contributed by atoms with Crippen molar-refractivity contribution in [2.24, 2.45) is 17.3 Å². The first kappa shape index (κ1) is 17.3. The van der Waals surface area contributed by atoms with Crippen molar-refractivity contribution in [2.75, 3.05) is 27.1 Å². The summed E-state index contributed by atoms with van der Waals surface area (Å²) in [6, 6.07) is 8.31. The first-order chi connectivity index (χ1) is 11.5. The van der Waals surface area contributed by atoms with Crippen molar-refractivity contribution in [3.05, 3.63) is 41.6 Å². The Hall–Kier alpha value is -1.52. The van der Waals surface area contributed by atoms with E-state index in [1.54, 1.807) is 7.11 Å². The molecule has 132 valence electrons. The van der Waals surface area contributed by atoms with Crippen LogP contribution in [0.1, 0.15) is 38.8 Å². The predicted octanol–water partition coefficient (Wildman–Crippen LogP) is 3.58. The average molecular weight is 331 g/mol. The molecule has 0 radical (unpaired) electrons. The Morgan fingerprint density at radius 3 is 2.67 bits per heavy atom. The fourth-order valence-electron chi connectivity index (χ4n) is 4.50. The Balaban J connectivity index is 2.03. The normalized spacial score (nSPS) is 26.5. The highest BCUT2D eigenvalue weighted by Crippen LogP contribution is 2.56. The van der Waals surface area contributed by atoms with E-state index in [0.717, 1.165) is 24.3 Å². The summed E-state index contributed by atoms with van der Waals surface area (Å²) in [5.41, 5.74) is 2.65. The third-order valence-corrected chi connectivity index (χ3v) is 5.26. The van der Waals surface area contributed by atoms with E-state index in [9.17, 15) is 5.11 Å². The fraction of sp³-hybridized carbons (Fsp3) is 0.600. The number of aliphatic hydroxyl groups excluding tert-OH is 1. The topological polar surface area (TPSA) is 41.9 Å². The number of fused-ring (bicyclic) bond motifs is 1. The molecular formula is C20H29NO3. The smallest absolute Gasteiger partial charge is 0.188 e. The molecule has 0 aromatic heterocycles. The number of ether oxygens (including phenoxy) is 2. The van der Waals surface area contributed by atoms with Crippen LogP contribution < -0.4 is 4.74 Å². The third-order valence-electron chi connectivity index (χ3n) is 5.26. The minimum Gasteiger partial charge on any atom is -0.467 e. The van der Waals surface area contributed by atoms with E-state index in [2.05, 4.69) is 37.8 Å². The van der Waals surface area contributed by atoms with Gasteiger partial charge in [0.15, 0.2) is 6.79 Å². The molecule has 2 aliphatic rings. The Morgan fingerprint density at radius 1 is 1.25 bits per heavy atom. The van der Waals surface area contributed by atoms with Gasteiger partial charge in [0.25, 0.3) is 0 Å². The lowest BCUT2D eigenvalue weighted by Crippen LogP contribution is -2.30. The molecule has 24 heavy (non-hydrogen) atoms. The summed E-state index contributed by atoms with van der Waals surface area (Å²) in [7, 11) is 1.63. The molecule has 1 saturated heterocycles. The highest BCUT2D eigenvalue weighted by atomic mass is 16.7. The van der Waals surface area contributed by atoms with Gasteiger partial charge < -0.3 is 19.5 Å². The van der Waals surface area contributed by atoms with Crippen LogP contribution in [-0.2, 0) is 4.74 Å². The number of benzene rings is 1. The number of hydrogen-bond acceptors (Lipinski definition) is 4. The summed E-state index contributed by atoms with van der Waals surface area (Å²) in [6.07, 6.45) is 3.44. The van der Waals surface area contributed by atoms with E-state index in [1.165, 1.54) is 5.70 Å². The molecule has 3 rings (SSSR count). The van der Waals surface area contributed by atoms with Gasteiger partial charge in [-0.3, -0.25) is 0 Å². The lowest BCUT2D eigenvalue weighted by atomic mass is 9.71. The zero-order valence-electron chi connectivity index (χ0n) is 15.2. The molecule has 4 heteroatoms. The lowest BCUT2D eigenvalue weighted by Gasteiger charge is -2.33. The molecule has 2 aliphatic heterocycles. The number of hydrogen-bond donors (Lipinski definition) is 1. The summed E-state index contributed by atoms with van der Waals surface area (Å²) in [5.74, 6) is 1.37. The van der Waals surface area contributed by atoms with Crippen LogP contribution in [0.25, 0.3) is 0 Å². The van der Waals surface area contributed by atoms with Crippen LogP contribution in [0.2, 0.25) is 0 Å². The van der Waals surface area contributed by atoms with E-state index in [-0.39, 0.29) is 30.8 Å². The van der Waals surface area contributed by atoms with Gasteiger partial charge >= 0.3 is 0 Å². The van der Waals surface area contributed by atoms with Gasteiger partial charge in [-0.15, -0.1) is 0 Å². The second-order valence-corrected chi connectivity index (χ2v) is 7.83. The number of methoxy groups -OCH3 is 1. The standard InChI is InChI=1S/C20H29NO3/c1-20(2,3)18-15(12-22)19(21-11-7-9-16(18)21)14-8-5-6-10-17(14)24-13-23-4/h5-6,8-10,15,18-19,22H,7,11-13H2,1-4H3/t15-,18?,19-/m1/s1. The van der Waals surface area contributed by atoms with E-state index in [1.807, 2.05) is 18.2 Å². The van der Waals surface area contributed by atoms with Crippen molar-refractivity contribution in [3.8, 4) is 5.75 Å². The Kier molecular flexibility index (Phi) is 4.88. The number of aliphatic hydroxyl groups is 1. The third kappa shape index (κ3) is 2.93. The molecule has 0 amide bonds. The minimum absolute atomic E-state index is 0.110. The summed E-state index contributed by atoms with van der Waals surface area (Å²) < 4.78 is 10.9. The van der Waals surface area contributed by atoms with E-state index in [0.29, 0.717) is 5.92 Å². The van der Waals surface area contributed by atoms with Gasteiger partial charge in [-0.2, -0.15) is 0 Å². The molecule has 0 bridgehead atoms. The van der Waals surface area contributed by atoms with Gasteiger partial charge in [0.2, 0.25) is 0 Å². The first-order valence-electron chi connectivity index (χ1n) is 8.77. The number of allylic oxidation sites excluding steroid dienone is 1. The molecule has 2 heterocycles. The highest BCUT2D eigenvalue weighted by molar-refractivity contribution is 5.40. The SMILES string of the molecule is COCOc1ccccc1[C@@H]1[C@H](CO)C(C(C)(C)C)C2=CCCN21. The quantitative estimate of drug-likeness (QED) is 0.837.